The van der Waals surface area contributed by atoms with E-state index in [0.29, 0.717) is 18.9 Å². The van der Waals surface area contributed by atoms with Gasteiger partial charge in [-0.2, -0.15) is 18.4 Å². The zero-order chi connectivity index (χ0) is 23.0. The molecule has 7 nitrogen and oxygen atoms in total. The van der Waals surface area contributed by atoms with Crippen molar-refractivity contribution in [1.82, 2.24) is 4.72 Å². The number of nitrogens with zero attached hydrogens (tertiary/aromatic N) is 2. The summed E-state index contributed by atoms with van der Waals surface area (Å²) in [6.45, 7) is 3.12. The molecule has 0 spiro atoms. The molecule has 3 fully saturated rings. The Morgan fingerprint density at radius 2 is 2.00 bits per heavy atom. The van der Waals surface area contributed by atoms with Gasteiger partial charge in [0, 0.05) is 18.5 Å². The van der Waals surface area contributed by atoms with Gasteiger partial charge < -0.3 is 0 Å². The van der Waals surface area contributed by atoms with Crippen LogP contribution in [0, 0.1) is 29.1 Å². The molecule has 2 saturated carbocycles. The summed E-state index contributed by atoms with van der Waals surface area (Å²) < 4.78 is 93.7. The molecule has 2 bridgehead atoms. The first-order chi connectivity index (χ1) is 14.3. The number of hydrogen-bond acceptors (Lipinski definition) is 5. The van der Waals surface area contributed by atoms with Crippen LogP contribution < -0.4 is 9.03 Å². The minimum absolute atomic E-state index is 0.0203. The summed E-state index contributed by atoms with van der Waals surface area (Å²) in [5.41, 5.74) is -1.89. The SMILES string of the molecule is CCS(=O)(=O)N[C@@H]1C[C@@H]2C[C@H]1[C@@H]1CN(c3ccc(C#N)c(C(F)(F)F)c3)S(=O)(=O)[C@]21C. The van der Waals surface area contributed by atoms with Crippen LogP contribution in [0.1, 0.15) is 37.8 Å². The summed E-state index contributed by atoms with van der Waals surface area (Å²) in [5.74, 6) is -0.997. The third-order valence-corrected chi connectivity index (χ3v) is 11.4. The lowest BCUT2D eigenvalue weighted by Crippen LogP contribution is -2.51. The summed E-state index contributed by atoms with van der Waals surface area (Å²) in [5, 5.41) is 9.00. The second-order valence-corrected chi connectivity index (χ2v) is 12.9. The summed E-state index contributed by atoms with van der Waals surface area (Å²) in [6.07, 6.45) is -3.86. The van der Waals surface area contributed by atoms with Gasteiger partial charge in [-0.05, 0) is 56.7 Å². The van der Waals surface area contributed by atoms with E-state index >= 15 is 0 Å². The number of nitriles is 1. The molecule has 1 aromatic rings. The molecule has 1 aliphatic heterocycles. The van der Waals surface area contributed by atoms with Gasteiger partial charge in [0.1, 0.15) is 0 Å². The number of anilines is 1. The number of rotatable bonds is 4. The Morgan fingerprint density at radius 3 is 2.58 bits per heavy atom. The zero-order valence-electron chi connectivity index (χ0n) is 16.8. The van der Waals surface area contributed by atoms with Gasteiger partial charge in [-0.15, -0.1) is 0 Å². The third kappa shape index (κ3) is 3.15. The van der Waals surface area contributed by atoms with E-state index in [0.717, 1.165) is 10.4 Å². The Kier molecular flexibility index (Phi) is 4.92. The van der Waals surface area contributed by atoms with Crippen LogP contribution >= 0.6 is 0 Å². The lowest BCUT2D eigenvalue weighted by Gasteiger charge is -2.37. The third-order valence-electron chi connectivity index (χ3n) is 7.31. The van der Waals surface area contributed by atoms with Gasteiger partial charge in [-0.25, -0.2) is 21.6 Å². The largest absolute Gasteiger partial charge is 0.417 e. The Bertz CT molecular complexity index is 1180. The monoisotopic (exact) mass is 477 g/mol. The molecule has 5 atom stereocenters. The van der Waals surface area contributed by atoms with Crippen LogP contribution in [0.5, 0.6) is 0 Å². The van der Waals surface area contributed by atoms with Crippen LogP contribution in [0.25, 0.3) is 0 Å². The van der Waals surface area contributed by atoms with Crippen LogP contribution in [-0.4, -0.2) is 39.9 Å². The van der Waals surface area contributed by atoms with E-state index in [1.165, 1.54) is 19.1 Å². The molecule has 0 unspecified atom stereocenters. The predicted molar refractivity (Wildman–Crippen MR) is 107 cm³/mol. The Balaban J connectivity index is 1.72. The minimum Gasteiger partial charge on any atom is -0.269 e. The first kappa shape index (κ1) is 22.4. The highest BCUT2D eigenvalue weighted by Gasteiger charge is 2.70. The predicted octanol–water partition coefficient (Wildman–Crippen LogP) is 2.45. The van der Waals surface area contributed by atoms with Crippen molar-refractivity contribution < 1.29 is 30.0 Å². The van der Waals surface area contributed by atoms with Crippen LogP contribution in [0.2, 0.25) is 0 Å². The van der Waals surface area contributed by atoms with E-state index in [2.05, 4.69) is 4.72 Å². The maximum atomic E-state index is 13.5. The molecule has 0 amide bonds. The number of sulfonamides is 2. The van der Waals surface area contributed by atoms with Crippen molar-refractivity contribution >= 4 is 25.7 Å². The summed E-state index contributed by atoms with van der Waals surface area (Å²) in [7, 11) is -7.46. The van der Waals surface area contributed by atoms with Crippen molar-refractivity contribution in [3.05, 3.63) is 29.3 Å². The molecular weight excluding hydrogens is 455 g/mol. The van der Waals surface area contributed by atoms with E-state index in [-0.39, 0.29) is 35.9 Å². The van der Waals surface area contributed by atoms with E-state index in [1.54, 1.807) is 6.92 Å². The second kappa shape index (κ2) is 6.83. The standard InChI is InChI=1S/C19H22F3N3O4S2/c1-3-30(26,27)24-17-7-12-6-14(17)16-10-25(31(28,29)18(12,16)2)13-5-4-11(9-23)15(8-13)19(20,21)22/h4-5,8,12,14,16-17,24H,3,6-7,10H2,1-2H3/t12-,14-,16-,17+,18+/m0/s1. The van der Waals surface area contributed by atoms with Gasteiger partial charge in [0.15, 0.2) is 0 Å². The Morgan fingerprint density at radius 1 is 1.32 bits per heavy atom. The molecule has 0 radical (unpaired) electrons. The van der Waals surface area contributed by atoms with Crippen LogP contribution in [-0.2, 0) is 26.2 Å². The molecule has 1 saturated heterocycles. The molecule has 2 aliphatic carbocycles. The fourth-order valence-electron chi connectivity index (χ4n) is 5.66. The van der Waals surface area contributed by atoms with E-state index in [4.69, 9.17) is 5.26 Å². The number of nitrogens with one attached hydrogen (secondary N) is 1. The highest BCUT2D eigenvalue weighted by molar-refractivity contribution is 7.94. The van der Waals surface area contributed by atoms with E-state index in [9.17, 15) is 30.0 Å². The summed E-state index contributed by atoms with van der Waals surface area (Å²) in [4.78, 5) is 0. The average Bonchev–Trinajstić information content (AvgIpc) is 3.27. The average molecular weight is 478 g/mol. The van der Waals surface area contributed by atoms with Gasteiger partial charge >= 0.3 is 6.18 Å². The van der Waals surface area contributed by atoms with E-state index in [1.807, 2.05) is 0 Å². The van der Waals surface area contributed by atoms with Gasteiger partial charge in [-0.3, -0.25) is 4.31 Å². The molecule has 4 rings (SSSR count). The zero-order valence-corrected chi connectivity index (χ0v) is 18.5. The van der Waals surface area contributed by atoms with Crippen molar-refractivity contribution in [3.8, 4) is 6.07 Å². The van der Waals surface area contributed by atoms with Gasteiger partial charge in [0.2, 0.25) is 20.0 Å². The molecule has 12 heteroatoms. The maximum absolute atomic E-state index is 13.5. The highest BCUT2D eigenvalue weighted by Crippen LogP contribution is 2.62. The van der Waals surface area contributed by atoms with Crippen molar-refractivity contribution in [3.63, 3.8) is 0 Å². The van der Waals surface area contributed by atoms with Gasteiger partial charge in [0.25, 0.3) is 0 Å². The fourth-order valence-corrected chi connectivity index (χ4v) is 9.02. The highest BCUT2D eigenvalue weighted by atomic mass is 32.2. The topological polar surface area (TPSA) is 107 Å². The van der Waals surface area contributed by atoms with Crippen LogP contribution in [0.4, 0.5) is 18.9 Å². The van der Waals surface area contributed by atoms with Crippen molar-refractivity contribution in [1.29, 1.82) is 5.26 Å². The molecule has 3 aliphatic rings. The van der Waals surface area contributed by atoms with Crippen molar-refractivity contribution in [2.75, 3.05) is 16.6 Å². The number of hydrogen-bond donors (Lipinski definition) is 1. The quantitative estimate of drug-likeness (QED) is 0.717. The molecular formula is C19H22F3N3O4S2. The normalized spacial score (nSPS) is 34.0. The minimum atomic E-state index is -4.80. The molecule has 1 aromatic carbocycles. The number of alkyl halides is 3. The van der Waals surface area contributed by atoms with Crippen molar-refractivity contribution in [2.24, 2.45) is 17.8 Å². The molecule has 170 valence electrons. The van der Waals surface area contributed by atoms with Crippen LogP contribution in [0.3, 0.4) is 0 Å². The second-order valence-electron chi connectivity index (χ2n) is 8.63. The van der Waals surface area contributed by atoms with E-state index < -0.39 is 48.0 Å². The fraction of sp³-hybridized carbons (Fsp3) is 0.632. The van der Waals surface area contributed by atoms with Gasteiger partial charge in [0.05, 0.1) is 33.4 Å². The Hall–Kier alpha value is -1.84. The molecule has 0 aromatic heterocycles. The number of halogens is 3. The summed E-state index contributed by atoms with van der Waals surface area (Å²) in [6, 6.07) is 4.02. The lowest BCUT2D eigenvalue weighted by molar-refractivity contribution is -0.137. The molecule has 1 N–H and O–H groups in total. The van der Waals surface area contributed by atoms with Crippen LogP contribution in [0.15, 0.2) is 18.2 Å². The Labute approximate surface area is 179 Å². The smallest absolute Gasteiger partial charge is 0.269 e. The van der Waals surface area contributed by atoms with Gasteiger partial charge in [-0.1, -0.05) is 0 Å². The number of fused-ring (bicyclic) bond motifs is 5. The lowest BCUT2D eigenvalue weighted by atomic mass is 9.77. The summed E-state index contributed by atoms with van der Waals surface area (Å²) >= 11 is 0. The first-order valence-corrected chi connectivity index (χ1v) is 13.0. The van der Waals surface area contributed by atoms with Crippen molar-refractivity contribution in [2.45, 2.75) is 43.7 Å². The molecule has 31 heavy (non-hydrogen) atoms. The first-order valence-electron chi connectivity index (χ1n) is 9.90. The maximum Gasteiger partial charge on any atom is 0.417 e. The number of benzene rings is 1. The molecule has 1 heterocycles.